The molecule has 0 amide bonds. The quantitative estimate of drug-likeness (QED) is 0.701. The zero-order valence-electron chi connectivity index (χ0n) is 11.7. The van der Waals surface area contributed by atoms with Crippen LogP contribution < -0.4 is 4.90 Å². The summed E-state index contributed by atoms with van der Waals surface area (Å²) in [6.07, 6.45) is 6.58. The summed E-state index contributed by atoms with van der Waals surface area (Å²) in [7, 11) is 0. The molecule has 2 fully saturated rings. The third-order valence-electron chi connectivity index (χ3n) is 4.12. The van der Waals surface area contributed by atoms with E-state index in [1.54, 1.807) is 0 Å². The van der Waals surface area contributed by atoms with E-state index in [-0.39, 0.29) is 0 Å². The van der Waals surface area contributed by atoms with Gasteiger partial charge >= 0.3 is 0 Å². The Labute approximate surface area is 121 Å². The molecule has 0 radical (unpaired) electrons. The topological polar surface area (TPSA) is 16.1 Å². The summed E-state index contributed by atoms with van der Waals surface area (Å²) in [6, 6.07) is 4.33. The Morgan fingerprint density at radius 2 is 1.79 bits per heavy atom. The minimum atomic E-state index is 0.587. The van der Waals surface area contributed by atoms with Gasteiger partial charge in [0.1, 0.15) is 5.82 Å². The third-order valence-corrected chi connectivity index (χ3v) is 4.42. The second-order valence-corrected chi connectivity index (χ2v) is 6.37. The Hall–Kier alpha value is -0.760. The molecule has 3 rings (SSSR count). The van der Waals surface area contributed by atoms with E-state index in [1.165, 1.54) is 50.0 Å². The van der Waals surface area contributed by atoms with Gasteiger partial charge in [0.05, 0.1) is 0 Å². The summed E-state index contributed by atoms with van der Waals surface area (Å²) in [6.45, 7) is 4.55. The first-order valence-electron chi connectivity index (χ1n) is 7.59. The van der Waals surface area contributed by atoms with Crippen molar-refractivity contribution in [2.24, 2.45) is 11.8 Å². The van der Waals surface area contributed by atoms with E-state index in [1.807, 2.05) is 0 Å². The van der Waals surface area contributed by atoms with E-state index in [2.05, 4.69) is 24.0 Å². The SMILES string of the molecule is CCc1cc(CCl)cc(N(CC2CC2)CC2CC2)n1. The van der Waals surface area contributed by atoms with Crippen molar-refractivity contribution in [1.82, 2.24) is 4.98 Å². The van der Waals surface area contributed by atoms with Crippen LogP contribution in [-0.4, -0.2) is 18.1 Å². The molecule has 1 heterocycles. The van der Waals surface area contributed by atoms with Crippen LogP contribution in [0.5, 0.6) is 0 Å². The number of pyridine rings is 1. The minimum absolute atomic E-state index is 0.587. The van der Waals surface area contributed by atoms with Crippen molar-refractivity contribution >= 4 is 17.4 Å². The minimum Gasteiger partial charge on any atom is -0.356 e. The molecule has 0 atom stereocenters. The highest BCUT2D eigenvalue weighted by atomic mass is 35.5. The molecule has 0 saturated heterocycles. The van der Waals surface area contributed by atoms with Gasteiger partial charge in [-0.15, -0.1) is 11.6 Å². The van der Waals surface area contributed by atoms with Gasteiger partial charge in [-0.1, -0.05) is 6.92 Å². The fourth-order valence-electron chi connectivity index (χ4n) is 2.54. The molecule has 2 aliphatic carbocycles. The molecule has 104 valence electrons. The molecule has 0 aromatic carbocycles. The lowest BCUT2D eigenvalue weighted by Gasteiger charge is -2.24. The summed E-state index contributed by atoms with van der Waals surface area (Å²) >= 11 is 6.02. The van der Waals surface area contributed by atoms with E-state index in [0.29, 0.717) is 5.88 Å². The van der Waals surface area contributed by atoms with Crippen LogP contribution >= 0.6 is 11.6 Å². The highest BCUT2D eigenvalue weighted by Gasteiger charge is 2.30. The molecular formula is C16H23ClN2. The van der Waals surface area contributed by atoms with Gasteiger partial charge in [0.2, 0.25) is 0 Å². The molecule has 2 nitrogen and oxygen atoms in total. The summed E-state index contributed by atoms with van der Waals surface area (Å²) in [5.41, 5.74) is 2.38. The molecule has 2 saturated carbocycles. The van der Waals surface area contributed by atoms with Crippen LogP contribution in [-0.2, 0) is 12.3 Å². The van der Waals surface area contributed by atoms with Gasteiger partial charge in [0, 0.05) is 24.7 Å². The molecular weight excluding hydrogens is 256 g/mol. The molecule has 19 heavy (non-hydrogen) atoms. The molecule has 0 aliphatic heterocycles. The average molecular weight is 279 g/mol. The van der Waals surface area contributed by atoms with Crippen LogP contribution in [0.15, 0.2) is 12.1 Å². The molecule has 2 aliphatic rings. The van der Waals surface area contributed by atoms with Crippen LogP contribution in [0.3, 0.4) is 0 Å². The number of aromatic nitrogens is 1. The largest absolute Gasteiger partial charge is 0.356 e. The number of alkyl halides is 1. The summed E-state index contributed by atoms with van der Waals surface area (Å²) in [4.78, 5) is 7.35. The number of anilines is 1. The van der Waals surface area contributed by atoms with Gasteiger partial charge in [0.15, 0.2) is 0 Å². The summed E-state index contributed by atoms with van der Waals surface area (Å²) in [5, 5.41) is 0. The van der Waals surface area contributed by atoms with Crippen LogP contribution in [0.1, 0.15) is 43.9 Å². The number of hydrogen-bond donors (Lipinski definition) is 0. The lowest BCUT2D eigenvalue weighted by molar-refractivity contribution is 0.669. The van der Waals surface area contributed by atoms with Crippen LogP contribution in [0, 0.1) is 11.8 Å². The van der Waals surface area contributed by atoms with Crippen molar-refractivity contribution in [1.29, 1.82) is 0 Å². The van der Waals surface area contributed by atoms with Crippen molar-refractivity contribution < 1.29 is 0 Å². The Morgan fingerprint density at radius 3 is 2.26 bits per heavy atom. The van der Waals surface area contributed by atoms with Gasteiger partial charge in [-0.3, -0.25) is 0 Å². The van der Waals surface area contributed by atoms with E-state index in [4.69, 9.17) is 16.6 Å². The van der Waals surface area contributed by atoms with Gasteiger partial charge in [-0.2, -0.15) is 0 Å². The van der Waals surface area contributed by atoms with Crippen molar-refractivity contribution in [3.63, 3.8) is 0 Å². The van der Waals surface area contributed by atoms with Gasteiger partial charge in [-0.25, -0.2) is 4.98 Å². The first-order valence-corrected chi connectivity index (χ1v) is 8.12. The molecule has 0 unspecified atom stereocenters. The second kappa shape index (κ2) is 5.70. The van der Waals surface area contributed by atoms with E-state index in [0.717, 1.165) is 24.1 Å². The third kappa shape index (κ3) is 3.62. The van der Waals surface area contributed by atoms with Crippen molar-refractivity contribution in [3.8, 4) is 0 Å². The van der Waals surface area contributed by atoms with Crippen molar-refractivity contribution in [2.75, 3.05) is 18.0 Å². The monoisotopic (exact) mass is 278 g/mol. The molecule has 1 aromatic heterocycles. The lowest BCUT2D eigenvalue weighted by Crippen LogP contribution is -2.29. The maximum absolute atomic E-state index is 6.02. The fourth-order valence-corrected chi connectivity index (χ4v) is 2.69. The number of aryl methyl sites for hydroxylation is 1. The second-order valence-electron chi connectivity index (χ2n) is 6.10. The summed E-state index contributed by atoms with van der Waals surface area (Å²) < 4.78 is 0. The van der Waals surface area contributed by atoms with Gasteiger partial charge in [0.25, 0.3) is 0 Å². The maximum atomic E-state index is 6.02. The van der Waals surface area contributed by atoms with E-state index >= 15 is 0 Å². The van der Waals surface area contributed by atoms with Crippen LogP contribution in [0.4, 0.5) is 5.82 Å². The molecule has 0 bridgehead atoms. The molecule has 3 heteroatoms. The van der Waals surface area contributed by atoms with Gasteiger partial charge in [-0.05, 0) is 61.6 Å². The number of halogens is 1. The van der Waals surface area contributed by atoms with Crippen LogP contribution in [0.2, 0.25) is 0 Å². The maximum Gasteiger partial charge on any atom is 0.129 e. The Morgan fingerprint density at radius 1 is 1.16 bits per heavy atom. The predicted molar refractivity (Wildman–Crippen MR) is 80.8 cm³/mol. The first-order chi connectivity index (χ1) is 9.28. The zero-order valence-corrected chi connectivity index (χ0v) is 12.5. The highest BCUT2D eigenvalue weighted by Crippen LogP contribution is 2.35. The smallest absolute Gasteiger partial charge is 0.129 e. The first kappa shape index (κ1) is 13.2. The average Bonchev–Trinajstić information content (AvgIpc) is 3.32. The molecule has 1 aromatic rings. The fraction of sp³-hybridized carbons (Fsp3) is 0.688. The standard InChI is InChI=1S/C16H23ClN2/c1-2-15-7-14(9-17)8-16(18-15)19(10-12-3-4-12)11-13-5-6-13/h7-8,12-13H,2-6,9-11H2,1H3. The molecule has 0 spiro atoms. The Balaban J connectivity index is 1.81. The number of rotatable bonds is 7. The molecule has 0 N–H and O–H groups in total. The van der Waals surface area contributed by atoms with E-state index in [9.17, 15) is 0 Å². The predicted octanol–water partition coefficient (Wildman–Crippen LogP) is 4.01. The van der Waals surface area contributed by atoms with Crippen molar-refractivity contribution in [3.05, 3.63) is 23.4 Å². The highest BCUT2D eigenvalue weighted by molar-refractivity contribution is 6.17. The lowest BCUT2D eigenvalue weighted by atomic mass is 10.2. The Kier molecular flexibility index (Phi) is 3.97. The number of hydrogen-bond acceptors (Lipinski definition) is 2. The van der Waals surface area contributed by atoms with Crippen molar-refractivity contribution in [2.45, 2.75) is 44.9 Å². The van der Waals surface area contributed by atoms with Gasteiger partial charge < -0.3 is 4.90 Å². The van der Waals surface area contributed by atoms with E-state index < -0.39 is 0 Å². The zero-order chi connectivity index (χ0) is 13.2. The normalized spacial score (nSPS) is 18.6. The number of nitrogens with zero attached hydrogens (tertiary/aromatic N) is 2. The summed E-state index contributed by atoms with van der Waals surface area (Å²) in [5.74, 6) is 3.56. The Bertz CT molecular complexity index is 402. The van der Waals surface area contributed by atoms with Crippen LogP contribution in [0.25, 0.3) is 0 Å².